The first-order valence-corrected chi connectivity index (χ1v) is 8.51. The number of halogens is 2. The van der Waals surface area contributed by atoms with Gasteiger partial charge in [0.15, 0.2) is 0 Å². The lowest BCUT2D eigenvalue weighted by atomic mass is 9.95. The number of carboxylic acids is 1. The smallest absolute Gasteiger partial charge is 0.335 e. The Hall–Kier alpha value is -2.60. The summed E-state index contributed by atoms with van der Waals surface area (Å²) in [7, 11) is 0. The van der Waals surface area contributed by atoms with Gasteiger partial charge in [-0.15, -0.1) is 11.3 Å². The number of rotatable bonds is 5. The molecule has 0 amide bonds. The van der Waals surface area contributed by atoms with E-state index in [1.165, 1.54) is 23.5 Å². The van der Waals surface area contributed by atoms with Gasteiger partial charge in [-0.2, -0.15) is 0 Å². The van der Waals surface area contributed by atoms with Crippen LogP contribution in [0.3, 0.4) is 0 Å². The molecule has 3 rings (SSSR count). The number of nitrogens with zero attached hydrogens (tertiary/aromatic N) is 1. The van der Waals surface area contributed by atoms with Crippen LogP contribution < -0.4 is 0 Å². The number of aromatic carboxylic acids is 1. The highest BCUT2D eigenvalue weighted by atomic mass is 32.1. The second-order valence-electron chi connectivity index (χ2n) is 5.81. The number of carboxylic acid groups (broad SMARTS) is 1. The average molecular weight is 359 g/mol. The van der Waals surface area contributed by atoms with Crippen LogP contribution in [0.5, 0.6) is 0 Å². The van der Waals surface area contributed by atoms with Crippen LogP contribution in [0.2, 0.25) is 0 Å². The lowest BCUT2D eigenvalue weighted by Crippen LogP contribution is -2.06. The maximum atomic E-state index is 13.3. The second-order valence-corrected chi connectivity index (χ2v) is 6.53. The summed E-state index contributed by atoms with van der Waals surface area (Å²) < 4.78 is 26.6. The maximum absolute atomic E-state index is 13.3. The summed E-state index contributed by atoms with van der Waals surface area (Å²) in [6, 6.07) is 11.1. The van der Waals surface area contributed by atoms with Gasteiger partial charge in [0.2, 0.25) is 0 Å². The number of aromatic nitrogens is 1. The minimum absolute atomic E-state index is 0.0304. The fourth-order valence-corrected chi connectivity index (χ4v) is 3.13. The van der Waals surface area contributed by atoms with Gasteiger partial charge in [0.05, 0.1) is 16.8 Å². The Labute approximate surface area is 147 Å². The third kappa shape index (κ3) is 3.91. The third-order valence-electron chi connectivity index (χ3n) is 3.92. The largest absolute Gasteiger partial charge is 0.478 e. The molecule has 0 spiro atoms. The molecule has 128 valence electrons. The molecule has 2 aromatic carbocycles. The van der Waals surface area contributed by atoms with E-state index in [1.54, 1.807) is 35.8 Å². The Morgan fingerprint density at radius 1 is 1.20 bits per heavy atom. The molecule has 0 radical (unpaired) electrons. The minimum atomic E-state index is -2.87. The highest BCUT2D eigenvalue weighted by molar-refractivity contribution is 7.07. The van der Waals surface area contributed by atoms with Gasteiger partial charge in [0, 0.05) is 23.4 Å². The van der Waals surface area contributed by atoms with Crippen molar-refractivity contribution < 1.29 is 18.7 Å². The predicted molar refractivity (Wildman–Crippen MR) is 93.3 cm³/mol. The fourth-order valence-electron chi connectivity index (χ4n) is 2.58. The molecule has 3 aromatic rings. The van der Waals surface area contributed by atoms with Crippen LogP contribution in [0.4, 0.5) is 8.78 Å². The van der Waals surface area contributed by atoms with Gasteiger partial charge in [-0.1, -0.05) is 30.3 Å². The van der Waals surface area contributed by atoms with Crippen molar-refractivity contribution in [3.63, 3.8) is 0 Å². The minimum Gasteiger partial charge on any atom is -0.478 e. The molecule has 3 nitrogen and oxygen atoms in total. The van der Waals surface area contributed by atoms with Crippen LogP contribution >= 0.6 is 11.3 Å². The fraction of sp³-hybridized carbons (Fsp3) is 0.158. The van der Waals surface area contributed by atoms with E-state index >= 15 is 0 Å². The first-order valence-electron chi connectivity index (χ1n) is 7.56. The Bertz CT molecular complexity index is 885. The summed E-state index contributed by atoms with van der Waals surface area (Å²) >= 11 is 1.43. The standard InChI is InChI=1S/C19H15F2NO2S/c1-19(20,21)15-6-2-12(3-7-15)8-13-4-5-14(18(23)24)9-16(13)17-10-25-11-22-17/h2-7,9-11H,8H2,1H3,(H,23,24). The average Bonchev–Trinajstić information content (AvgIpc) is 3.09. The van der Waals surface area contributed by atoms with E-state index in [4.69, 9.17) is 0 Å². The summed E-state index contributed by atoms with van der Waals surface area (Å²) in [6.07, 6.45) is 0.502. The van der Waals surface area contributed by atoms with E-state index < -0.39 is 11.9 Å². The van der Waals surface area contributed by atoms with Crippen molar-refractivity contribution in [1.82, 2.24) is 4.98 Å². The molecule has 0 fully saturated rings. The zero-order valence-corrected chi connectivity index (χ0v) is 14.2. The molecule has 0 unspecified atom stereocenters. The Morgan fingerprint density at radius 2 is 1.92 bits per heavy atom. The van der Waals surface area contributed by atoms with Gasteiger partial charge >= 0.3 is 5.97 Å². The van der Waals surface area contributed by atoms with Gasteiger partial charge in [0.1, 0.15) is 0 Å². The summed E-state index contributed by atoms with van der Waals surface area (Å²) in [5.74, 6) is -3.87. The molecular formula is C19H15F2NO2S. The SMILES string of the molecule is CC(F)(F)c1ccc(Cc2ccc(C(=O)O)cc2-c2cscn2)cc1. The van der Waals surface area contributed by atoms with Crippen LogP contribution in [0.1, 0.15) is 34.0 Å². The maximum Gasteiger partial charge on any atom is 0.335 e. The molecule has 1 heterocycles. The summed E-state index contributed by atoms with van der Waals surface area (Å²) in [5.41, 5.74) is 5.06. The number of thiazole rings is 1. The van der Waals surface area contributed by atoms with Gasteiger partial charge in [-0.25, -0.2) is 18.6 Å². The van der Waals surface area contributed by atoms with E-state index in [2.05, 4.69) is 4.98 Å². The zero-order chi connectivity index (χ0) is 18.0. The number of alkyl halides is 2. The quantitative estimate of drug-likeness (QED) is 0.680. The molecule has 1 aromatic heterocycles. The Kier molecular flexibility index (Phi) is 4.63. The van der Waals surface area contributed by atoms with Crippen molar-refractivity contribution >= 4 is 17.3 Å². The van der Waals surface area contributed by atoms with Gasteiger partial charge < -0.3 is 5.11 Å². The normalized spacial score (nSPS) is 11.5. The van der Waals surface area contributed by atoms with Gasteiger partial charge in [0.25, 0.3) is 5.92 Å². The third-order valence-corrected chi connectivity index (χ3v) is 4.51. The monoisotopic (exact) mass is 359 g/mol. The van der Waals surface area contributed by atoms with E-state index in [0.717, 1.165) is 23.6 Å². The zero-order valence-electron chi connectivity index (χ0n) is 13.4. The second kappa shape index (κ2) is 6.72. The molecule has 0 atom stereocenters. The number of hydrogen-bond donors (Lipinski definition) is 1. The van der Waals surface area contributed by atoms with Crippen molar-refractivity contribution in [3.8, 4) is 11.3 Å². The molecule has 25 heavy (non-hydrogen) atoms. The molecule has 0 aliphatic rings. The molecule has 0 aliphatic carbocycles. The van der Waals surface area contributed by atoms with Crippen molar-refractivity contribution in [2.24, 2.45) is 0 Å². The first-order chi connectivity index (χ1) is 11.8. The van der Waals surface area contributed by atoms with Crippen molar-refractivity contribution in [2.75, 3.05) is 0 Å². The molecule has 0 saturated heterocycles. The summed E-state index contributed by atoms with van der Waals surface area (Å²) in [4.78, 5) is 15.5. The Balaban J connectivity index is 1.96. The highest BCUT2D eigenvalue weighted by Crippen LogP contribution is 2.29. The lowest BCUT2D eigenvalue weighted by Gasteiger charge is -2.12. The van der Waals surface area contributed by atoms with Gasteiger partial charge in [-0.05, 0) is 29.7 Å². The number of hydrogen-bond acceptors (Lipinski definition) is 3. The highest BCUT2D eigenvalue weighted by Gasteiger charge is 2.23. The lowest BCUT2D eigenvalue weighted by molar-refractivity contribution is 0.0174. The molecule has 0 saturated carbocycles. The Morgan fingerprint density at radius 3 is 2.48 bits per heavy atom. The number of benzene rings is 2. The van der Waals surface area contributed by atoms with Crippen LogP contribution in [0.15, 0.2) is 53.4 Å². The topological polar surface area (TPSA) is 50.2 Å². The van der Waals surface area contributed by atoms with Crippen LogP contribution in [-0.4, -0.2) is 16.1 Å². The molecule has 1 N–H and O–H groups in total. The van der Waals surface area contributed by atoms with Crippen molar-refractivity contribution in [3.05, 3.63) is 75.6 Å². The van der Waals surface area contributed by atoms with Crippen LogP contribution in [0, 0.1) is 0 Å². The van der Waals surface area contributed by atoms with Crippen LogP contribution in [-0.2, 0) is 12.3 Å². The molecule has 6 heteroatoms. The summed E-state index contributed by atoms with van der Waals surface area (Å²) in [5, 5.41) is 11.1. The van der Waals surface area contributed by atoms with E-state index in [1.807, 2.05) is 5.38 Å². The van der Waals surface area contributed by atoms with E-state index in [9.17, 15) is 18.7 Å². The van der Waals surface area contributed by atoms with Crippen molar-refractivity contribution in [1.29, 1.82) is 0 Å². The van der Waals surface area contributed by atoms with Gasteiger partial charge in [-0.3, -0.25) is 0 Å². The number of carbonyl (C=O) groups is 1. The predicted octanol–water partition coefficient (Wildman–Crippen LogP) is 5.21. The molecular weight excluding hydrogens is 344 g/mol. The first kappa shape index (κ1) is 17.2. The van der Waals surface area contributed by atoms with Crippen molar-refractivity contribution in [2.45, 2.75) is 19.3 Å². The molecule has 0 aliphatic heterocycles. The van der Waals surface area contributed by atoms with E-state index in [0.29, 0.717) is 12.1 Å². The summed E-state index contributed by atoms with van der Waals surface area (Å²) in [6.45, 7) is 0.868. The van der Waals surface area contributed by atoms with E-state index in [-0.39, 0.29) is 11.1 Å². The molecule has 0 bridgehead atoms. The van der Waals surface area contributed by atoms with Crippen LogP contribution in [0.25, 0.3) is 11.3 Å².